The van der Waals surface area contributed by atoms with E-state index < -0.39 is 0 Å². The first-order chi connectivity index (χ1) is 11.0. The van der Waals surface area contributed by atoms with Crippen molar-refractivity contribution in [1.82, 2.24) is 9.88 Å². The van der Waals surface area contributed by atoms with Gasteiger partial charge in [-0.05, 0) is 33.1 Å². The van der Waals surface area contributed by atoms with Gasteiger partial charge in [0.05, 0.1) is 6.10 Å². The first-order valence-electron chi connectivity index (χ1n) is 8.06. The highest BCUT2D eigenvalue weighted by molar-refractivity contribution is 7.13. The molecule has 1 aliphatic heterocycles. The van der Waals surface area contributed by atoms with E-state index in [1.807, 2.05) is 22.4 Å². The number of likely N-dealkylation sites (tertiary alicyclic amines) is 1. The number of amides is 1. The molecule has 1 saturated heterocycles. The van der Waals surface area contributed by atoms with Crippen molar-refractivity contribution in [2.75, 3.05) is 6.54 Å². The van der Waals surface area contributed by atoms with Crippen LogP contribution in [0.1, 0.15) is 42.2 Å². The van der Waals surface area contributed by atoms with Gasteiger partial charge < -0.3 is 10.0 Å². The molecule has 1 amide bonds. The third kappa shape index (κ3) is 3.62. The molecule has 0 aliphatic carbocycles. The summed E-state index contributed by atoms with van der Waals surface area (Å²) in [5.41, 5.74) is 2.77. The molecule has 0 spiro atoms. The number of benzene rings is 1. The maximum Gasteiger partial charge on any atom is 0.273 e. The Kier molecular flexibility index (Phi) is 4.78. The average molecular weight is 330 g/mol. The predicted octanol–water partition coefficient (Wildman–Crippen LogP) is 3.49. The summed E-state index contributed by atoms with van der Waals surface area (Å²) in [6.45, 7) is 4.59. The minimum Gasteiger partial charge on any atom is -0.393 e. The molecular weight excluding hydrogens is 308 g/mol. The summed E-state index contributed by atoms with van der Waals surface area (Å²) in [5.74, 6) is -0.0113. The fourth-order valence-corrected chi connectivity index (χ4v) is 3.89. The molecule has 0 saturated carbocycles. The molecule has 1 fully saturated rings. The van der Waals surface area contributed by atoms with Gasteiger partial charge in [-0.2, -0.15) is 0 Å². The van der Waals surface area contributed by atoms with E-state index in [4.69, 9.17) is 0 Å². The molecule has 2 atom stereocenters. The molecule has 3 rings (SSSR count). The van der Waals surface area contributed by atoms with Gasteiger partial charge in [-0.25, -0.2) is 4.98 Å². The van der Waals surface area contributed by atoms with Crippen molar-refractivity contribution in [3.63, 3.8) is 0 Å². The van der Waals surface area contributed by atoms with Gasteiger partial charge >= 0.3 is 0 Å². The molecule has 1 N–H and O–H groups in total. The van der Waals surface area contributed by atoms with Crippen LogP contribution in [0.5, 0.6) is 0 Å². The predicted molar refractivity (Wildman–Crippen MR) is 92.6 cm³/mol. The van der Waals surface area contributed by atoms with Crippen LogP contribution in [0, 0.1) is 6.92 Å². The number of aliphatic hydroxyl groups is 1. The van der Waals surface area contributed by atoms with Gasteiger partial charge in [0, 0.05) is 23.5 Å². The molecule has 0 radical (unpaired) electrons. The Balaban J connectivity index is 1.77. The van der Waals surface area contributed by atoms with Gasteiger partial charge in [0.2, 0.25) is 0 Å². The first kappa shape index (κ1) is 16.1. The topological polar surface area (TPSA) is 53.4 Å². The Labute approximate surface area is 140 Å². The third-order valence-corrected chi connectivity index (χ3v) is 5.16. The lowest BCUT2D eigenvalue weighted by atomic mass is 10.1. The van der Waals surface area contributed by atoms with Crippen molar-refractivity contribution < 1.29 is 9.90 Å². The van der Waals surface area contributed by atoms with E-state index in [2.05, 4.69) is 24.0 Å². The number of aliphatic hydroxyl groups excluding tert-OH is 1. The molecular formula is C18H22N2O2S. The van der Waals surface area contributed by atoms with Crippen LogP contribution in [0.25, 0.3) is 10.6 Å². The van der Waals surface area contributed by atoms with Gasteiger partial charge in [0.25, 0.3) is 5.91 Å². The van der Waals surface area contributed by atoms with Crippen LogP contribution in [0.15, 0.2) is 29.6 Å². The molecule has 2 unspecified atom stereocenters. The van der Waals surface area contributed by atoms with E-state index in [9.17, 15) is 9.90 Å². The lowest BCUT2D eigenvalue weighted by Gasteiger charge is -2.24. The number of aromatic nitrogens is 1. The summed E-state index contributed by atoms with van der Waals surface area (Å²) in [5, 5.41) is 12.3. The normalized spacial score (nSPS) is 19.1. The maximum atomic E-state index is 12.7. The zero-order valence-corrected chi connectivity index (χ0v) is 14.3. The molecule has 5 heteroatoms. The van der Waals surface area contributed by atoms with Crippen molar-refractivity contribution in [3.8, 4) is 10.6 Å². The van der Waals surface area contributed by atoms with Crippen molar-refractivity contribution in [2.45, 2.75) is 45.3 Å². The summed E-state index contributed by atoms with van der Waals surface area (Å²) >= 11 is 1.50. The van der Waals surface area contributed by atoms with Crippen molar-refractivity contribution in [2.24, 2.45) is 0 Å². The summed E-state index contributed by atoms with van der Waals surface area (Å²) in [6.07, 6.45) is 2.22. The van der Waals surface area contributed by atoms with Crippen LogP contribution in [0.2, 0.25) is 0 Å². The first-order valence-corrected chi connectivity index (χ1v) is 8.94. The Hall–Kier alpha value is -1.72. The Bertz CT molecular complexity index is 679. The summed E-state index contributed by atoms with van der Waals surface area (Å²) < 4.78 is 0. The van der Waals surface area contributed by atoms with Crippen LogP contribution in [-0.2, 0) is 0 Å². The standard InChI is InChI=1S/C18H22N2O2S/c1-12-5-7-14(8-6-12)17-19-16(11-23-17)18(22)20-9-3-4-15(20)10-13(2)21/h5-8,11,13,15,21H,3-4,9-10H2,1-2H3. The van der Waals surface area contributed by atoms with E-state index in [-0.39, 0.29) is 18.1 Å². The van der Waals surface area contributed by atoms with Gasteiger partial charge in [0.15, 0.2) is 0 Å². The lowest BCUT2D eigenvalue weighted by molar-refractivity contribution is 0.0677. The van der Waals surface area contributed by atoms with Gasteiger partial charge in [-0.3, -0.25) is 4.79 Å². The van der Waals surface area contributed by atoms with Crippen molar-refractivity contribution >= 4 is 17.2 Å². The van der Waals surface area contributed by atoms with Crippen LogP contribution in [-0.4, -0.2) is 39.6 Å². The smallest absolute Gasteiger partial charge is 0.273 e. The van der Waals surface area contributed by atoms with Gasteiger partial charge in [-0.15, -0.1) is 11.3 Å². The van der Waals surface area contributed by atoms with E-state index in [1.165, 1.54) is 16.9 Å². The third-order valence-electron chi connectivity index (χ3n) is 4.27. The number of hydrogen-bond donors (Lipinski definition) is 1. The Morgan fingerprint density at radius 2 is 2.17 bits per heavy atom. The Morgan fingerprint density at radius 1 is 1.43 bits per heavy atom. The fourth-order valence-electron chi connectivity index (χ4n) is 3.09. The van der Waals surface area contributed by atoms with Crippen LogP contribution in [0.4, 0.5) is 0 Å². The Morgan fingerprint density at radius 3 is 2.87 bits per heavy atom. The second-order valence-corrected chi connectivity index (χ2v) is 7.14. The number of carbonyl (C=O) groups is 1. The highest BCUT2D eigenvalue weighted by atomic mass is 32.1. The highest BCUT2D eigenvalue weighted by Crippen LogP contribution is 2.27. The van der Waals surface area contributed by atoms with E-state index in [0.29, 0.717) is 12.1 Å². The lowest BCUT2D eigenvalue weighted by Crippen LogP contribution is -2.37. The molecule has 122 valence electrons. The zero-order valence-electron chi connectivity index (χ0n) is 13.5. The molecule has 4 nitrogen and oxygen atoms in total. The zero-order chi connectivity index (χ0) is 16.4. The molecule has 2 aromatic rings. The SMILES string of the molecule is Cc1ccc(-c2nc(C(=O)N3CCCC3CC(C)O)cs2)cc1. The number of thiazole rings is 1. The number of rotatable bonds is 4. The second kappa shape index (κ2) is 6.81. The number of carbonyl (C=O) groups excluding carboxylic acids is 1. The monoisotopic (exact) mass is 330 g/mol. The highest BCUT2D eigenvalue weighted by Gasteiger charge is 2.31. The minimum absolute atomic E-state index is 0.0113. The number of aryl methyl sites for hydroxylation is 1. The van der Waals surface area contributed by atoms with E-state index in [1.54, 1.807) is 6.92 Å². The van der Waals surface area contributed by atoms with Crippen LogP contribution in [0.3, 0.4) is 0 Å². The average Bonchev–Trinajstić information content (AvgIpc) is 3.16. The van der Waals surface area contributed by atoms with Crippen molar-refractivity contribution in [3.05, 3.63) is 40.9 Å². The van der Waals surface area contributed by atoms with E-state index >= 15 is 0 Å². The van der Waals surface area contributed by atoms with Gasteiger partial charge in [-0.1, -0.05) is 29.8 Å². The molecule has 0 bridgehead atoms. The molecule has 1 aromatic carbocycles. The quantitative estimate of drug-likeness (QED) is 0.933. The minimum atomic E-state index is -0.382. The molecule has 23 heavy (non-hydrogen) atoms. The second-order valence-electron chi connectivity index (χ2n) is 6.28. The number of hydrogen-bond acceptors (Lipinski definition) is 4. The summed E-state index contributed by atoms with van der Waals surface area (Å²) in [4.78, 5) is 19.1. The molecule has 2 heterocycles. The van der Waals surface area contributed by atoms with Gasteiger partial charge in [0.1, 0.15) is 10.7 Å². The molecule has 1 aromatic heterocycles. The number of nitrogens with zero attached hydrogens (tertiary/aromatic N) is 2. The van der Waals surface area contributed by atoms with E-state index in [0.717, 1.165) is 30.0 Å². The summed E-state index contributed by atoms with van der Waals surface area (Å²) in [7, 11) is 0. The summed E-state index contributed by atoms with van der Waals surface area (Å²) in [6, 6.07) is 8.31. The van der Waals surface area contributed by atoms with Crippen LogP contribution < -0.4 is 0 Å². The van der Waals surface area contributed by atoms with Crippen LogP contribution >= 0.6 is 11.3 Å². The largest absolute Gasteiger partial charge is 0.393 e. The van der Waals surface area contributed by atoms with Crippen molar-refractivity contribution in [1.29, 1.82) is 0 Å². The maximum absolute atomic E-state index is 12.7. The fraction of sp³-hybridized carbons (Fsp3) is 0.444. The molecule has 1 aliphatic rings.